The lowest BCUT2D eigenvalue weighted by atomic mass is 10.2. The number of unbranched alkanes of at least 4 members (excludes halogenated alkanes) is 1. The number of quaternary nitrogens is 2. The van der Waals surface area contributed by atoms with Crippen LogP contribution in [0.3, 0.4) is 0 Å². The van der Waals surface area contributed by atoms with Gasteiger partial charge in [-0.3, -0.25) is 0 Å². The number of carboxylic acid groups (broad SMARTS) is 2. The van der Waals surface area contributed by atoms with Crippen molar-refractivity contribution in [2.45, 2.75) is 52.6 Å². The summed E-state index contributed by atoms with van der Waals surface area (Å²) in [5.41, 5.74) is 12.8. The van der Waals surface area contributed by atoms with Crippen molar-refractivity contribution in [2.24, 2.45) is 0 Å². The molecular formula is C22H32N2O4. The first-order valence-electron chi connectivity index (χ1n) is 9.37. The minimum atomic E-state index is -1.14. The molecule has 2 rings (SSSR count). The zero-order chi connectivity index (χ0) is 21.4. The van der Waals surface area contributed by atoms with E-state index in [1.807, 2.05) is 0 Å². The molecule has 28 heavy (non-hydrogen) atoms. The Morgan fingerprint density at radius 1 is 0.679 bits per heavy atom. The van der Waals surface area contributed by atoms with Gasteiger partial charge in [-0.15, -0.1) is 0 Å². The van der Waals surface area contributed by atoms with Crippen LogP contribution in [0, 0.1) is 13.8 Å². The summed E-state index contributed by atoms with van der Waals surface area (Å²) >= 11 is 0. The highest BCUT2D eigenvalue weighted by Gasteiger charge is 1.89. The summed E-state index contributed by atoms with van der Waals surface area (Å²) in [4.78, 5) is 19.5. The molecule has 0 aliphatic carbocycles. The lowest BCUT2D eigenvalue weighted by Gasteiger charge is -2.01. The topological polar surface area (TPSA) is 136 Å². The third-order valence-corrected chi connectivity index (χ3v) is 3.83. The number of carboxylic acids is 2. The molecule has 2 aromatic carbocycles. The molecule has 0 aliphatic heterocycles. The van der Waals surface area contributed by atoms with Gasteiger partial charge in [0.25, 0.3) is 0 Å². The monoisotopic (exact) mass is 388 g/mol. The number of aliphatic carboxylic acids is 2. The van der Waals surface area contributed by atoms with E-state index in [0.29, 0.717) is 12.8 Å². The maximum Gasteiger partial charge on any atom is 0.0997 e. The second kappa shape index (κ2) is 15.4. The van der Waals surface area contributed by atoms with E-state index in [9.17, 15) is 19.8 Å². The summed E-state index contributed by atoms with van der Waals surface area (Å²) in [5.74, 6) is -2.28. The van der Waals surface area contributed by atoms with Crippen molar-refractivity contribution < 1.29 is 31.3 Å². The number of hydrogen-bond donors (Lipinski definition) is 2. The van der Waals surface area contributed by atoms with Crippen LogP contribution < -0.4 is 21.7 Å². The molecule has 0 fully saturated rings. The molecular weight excluding hydrogens is 356 g/mol. The van der Waals surface area contributed by atoms with Gasteiger partial charge < -0.3 is 31.3 Å². The summed E-state index contributed by atoms with van der Waals surface area (Å²) in [6.45, 7) is 5.96. The van der Waals surface area contributed by atoms with Gasteiger partial charge in [0.15, 0.2) is 0 Å². The fourth-order valence-electron chi connectivity index (χ4n) is 2.05. The van der Waals surface area contributed by atoms with Gasteiger partial charge in [0.05, 0.1) is 13.1 Å². The SMILES string of the molecule is Cc1ccc(C[NH3+])cc1.Cc1ccc(C[NH3+])cc1.O=C([O-])CCCCC(=O)[O-]. The van der Waals surface area contributed by atoms with Gasteiger partial charge in [-0.1, -0.05) is 59.7 Å². The van der Waals surface area contributed by atoms with Crippen molar-refractivity contribution in [3.8, 4) is 0 Å². The van der Waals surface area contributed by atoms with Crippen molar-refractivity contribution in [1.29, 1.82) is 0 Å². The molecule has 0 saturated heterocycles. The number of rotatable bonds is 7. The van der Waals surface area contributed by atoms with E-state index in [1.54, 1.807) is 0 Å². The first-order valence-corrected chi connectivity index (χ1v) is 9.37. The van der Waals surface area contributed by atoms with E-state index in [-0.39, 0.29) is 12.8 Å². The quantitative estimate of drug-likeness (QED) is 0.619. The lowest BCUT2D eigenvalue weighted by Crippen LogP contribution is -2.47. The molecule has 0 saturated carbocycles. The molecule has 0 heterocycles. The van der Waals surface area contributed by atoms with Gasteiger partial charge in [0.2, 0.25) is 0 Å². The Morgan fingerprint density at radius 2 is 0.964 bits per heavy atom. The zero-order valence-electron chi connectivity index (χ0n) is 16.9. The number of carbonyl (C=O) groups is 2. The van der Waals surface area contributed by atoms with Crippen molar-refractivity contribution in [3.63, 3.8) is 0 Å². The number of benzene rings is 2. The van der Waals surface area contributed by atoms with E-state index in [4.69, 9.17) is 0 Å². The van der Waals surface area contributed by atoms with Crippen LogP contribution in [0.4, 0.5) is 0 Å². The average Bonchev–Trinajstić information content (AvgIpc) is 2.67. The Kier molecular flexibility index (Phi) is 13.9. The van der Waals surface area contributed by atoms with E-state index < -0.39 is 11.9 Å². The molecule has 154 valence electrons. The third kappa shape index (κ3) is 14.5. The first-order chi connectivity index (χ1) is 13.3. The van der Waals surface area contributed by atoms with Crippen LogP contribution in [-0.4, -0.2) is 11.9 Å². The van der Waals surface area contributed by atoms with Crippen LogP contribution in [0.15, 0.2) is 48.5 Å². The summed E-state index contributed by atoms with van der Waals surface area (Å²) < 4.78 is 0. The highest BCUT2D eigenvalue weighted by molar-refractivity contribution is 5.65. The van der Waals surface area contributed by atoms with Crippen molar-refractivity contribution >= 4 is 11.9 Å². The van der Waals surface area contributed by atoms with E-state index in [0.717, 1.165) is 13.1 Å². The molecule has 0 radical (unpaired) electrons. The van der Waals surface area contributed by atoms with E-state index in [1.165, 1.54) is 22.3 Å². The standard InChI is InChI=1S/2C8H11N.C6H10O4/c2*1-7-2-4-8(6-9)5-3-7;7-5(8)3-1-2-4-6(9)10/h2*2-5H,6,9H2,1H3;1-4H2,(H,7,8)(H,9,10). The number of carbonyl (C=O) groups excluding carboxylic acids is 2. The van der Waals surface area contributed by atoms with Gasteiger partial charge in [-0.05, 0) is 39.5 Å². The number of hydrogen-bond acceptors (Lipinski definition) is 4. The minimum Gasteiger partial charge on any atom is -0.550 e. The molecule has 6 heteroatoms. The summed E-state index contributed by atoms with van der Waals surface area (Å²) in [6, 6.07) is 16.9. The summed E-state index contributed by atoms with van der Waals surface area (Å²) in [5, 5.41) is 19.5. The summed E-state index contributed by atoms with van der Waals surface area (Å²) in [6.07, 6.45) is 0.535. The second-order valence-electron chi connectivity index (χ2n) is 6.42. The predicted molar refractivity (Wildman–Crippen MR) is 104 cm³/mol. The van der Waals surface area contributed by atoms with E-state index in [2.05, 4.69) is 73.8 Å². The highest BCUT2D eigenvalue weighted by atomic mass is 16.4. The van der Waals surface area contributed by atoms with Crippen LogP contribution in [0.25, 0.3) is 0 Å². The van der Waals surface area contributed by atoms with Gasteiger partial charge >= 0.3 is 0 Å². The Bertz CT molecular complexity index is 621. The van der Waals surface area contributed by atoms with Crippen LogP contribution >= 0.6 is 0 Å². The van der Waals surface area contributed by atoms with Crippen molar-refractivity contribution in [1.82, 2.24) is 0 Å². The van der Waals surface area contributed by atoms with Crippen LogP contribution in [-0.2, 0) is 22.7 Å². The van der Waals surface area contributed by atoms with Gasteiger partial charge in [0.1, 0.15) is 0 Å². The van der Waals surface area contributed by atoms with Crippen LogP contribution in [0.1, 0.15) is 47.9 Å². The Labute approximate surface area is 167 Å². The molecule has 6 nitrogen and oxygen atoms in total. The number of aryl methyl sites for hydroxylation is 2. The van der Waals surface area contributed by atoms with Crippen LogP contribution in [0.2, 0.25) is 0 Å². The molecule has 0 aromatic heterocycles. The lowest BCUT2D eigenvalue weighted by molar-refractivity contribution is -0.386. The highest BCUT2D eigenvalue weighted by Crippen LogP contribution is 2.01. The molecule has 0 bridgehead atoms. The predicted octanol–water partition coefficient (Wildman–Crippen LogP) is -0.480. The van der Waals surface area contributed by atoms with Crippen molar-refractivity contribution in [2.75, 3.05) is 0 Å². The molecule has 0 unspecified atom stereocenters. The van der Waals surface area contributed by atoms with Crippen LogP contribution in [0.5, 0.6) is 0 Å². The normalized spacial score (nSPS) is 9.43. The fraction of sp³-hybridized carbons (Fsp3) is 0.364. The third-order valence-electron chi connectivity index (χ3n) is 3.83. The maximum atomic E-state index is 9.77. The Morgan fingerprint density at radius 3 is 1.18 bits per heavy atom. The first kappa shape index (κ1) is 25.3. The fourth-order valence-corrected chi connectivity index (χ4v) is 2.05. The van der Waals surface area contributed by atoms with Crippen molar-refractivity contribution in [3.05, 3.63) is 70.8 Å². The van der Waals surface area contributed by atoms with Gasteiger partial charge in [-0.25, -0.2) is 0 Å². The largest absolute Gasteiger partial charge is 0.550 e. The average molecular weight is 389 g/mol. The Hall–Kier alpha value is -2.70. The molecule has 0 amide bonds. The molecule has 0 spiro atoms. The Balaban J connectivity index is 0.000000391. The maximum absolute atomic E-state index is 9.77. The molecule has 6 N–H and O–H groups in total. The molecule has 2 aromatic rings. The zero-order valence-corrected chi connectivity index (χ0v) is 16.9. The van der Waals surface area contributed by atoms with E-state index >= 15 is 0 Å². The van der Waals surface area contributed by atoms with Gasteiger partial charge in [-0.2, -0.15) is 0 Å². The van der Waals surface area contributed by atoms with Gasteiger partial charge in [0, 0.05) is 23.1 Å². The second-order valence-corrected chi connectivity index (χ2v) is 6.42. The summed E-state index contributed by atoms with van der Waals surface area (Å²) in [7, 11) is 0. The smallest absolute Gasteiger partial charge is 0.0997 e. The molecule has 0 aliphatic rings. The minimum absolute atomic E-state index is 0.0761. The molecule has 0 atom stereocenters.